The summed E-state index contributed by atoms with van der Waals surface area (Å²) in [7, 11) is 0. The van der Waals surface area contributed by atoms with Gasteiger partial charge in [-0.25, -0.2) is 0 Å². The third-order valence-corrected chi connectivity index (χ3v) is 4.39. The van der Waals surface area contributed by atoms with Gasteiger partial charge in [0.15, 0.2) is 0 Å². The maximum atomic E-state index is 12.7. The highest BCUT2D eigenvalue weighted by atomic mass is 19.4. The largest absolute Gasteiger partial charge is 0.416 e. The van der Waals surface area contributed by atoms with Crippen molar-refractivity contribution in [1.82, 2.24) is 4.98 Å². The molecule has 2 N–H and O–H groups in total. The van der Waals surface area contributed by atoms with Gasteiger partial charge >= 0.3 is 6.18 Å². The summed E-state index contributed by atoms with van der Waals surface area (Å²) in [5.41, 5.74) is 3.21. The van der Waals surface area contributed by atoms with Crippen molar-refractivity contribution in [3.05, 3.63) is 70.9 Å². The Kier molecular flexibility index (Phi) is 4.37. The van der Waals surface area contributed by atoms with E-state index < -0.39 is 11.7 Å². The quantitative estimate of drug-likeness (QED) is 0.692. The first-order chi connectivity index (χ1) is 11.4. The van der Waals surface area contributed by atoms with Gasteiger partial charge in [-0.2, -0.15) is 13.2 Å². The number of H-pyrrole nitrogens is 1. The first-order valence-corrected chi connectivity index (χ1v) is 7.76. The van der Waals surface area contributed by atoms with Gasteiger partial charge in [0.2, 0.25) is 0 Å². The predicted octanol–water partition coefficient (Wildman–Crippen LogP) is 5.01. The fourth-order valence-electron chi connectivity index (χ4n) is 3.15. The lowest BCUT2D eigenvalue weighted by atomic mass is 9.88. The van der Waals surface area contributed by atoms with E-state index in [1.165, 1.54) is 12.1 Å². The number of aliphatic hydroxyl groups is 1. The topological polar surface area (TPSA) is 36.0 Å². The van der Waals surface area contributed by atoms with Gasteiger partial charge in [0.25, 0.3) is 0 Å². The standard InChI is InChI=1S/C19H18F3NO/c1-12-3-2-4-16-17(11-23-18(12)16)15(9-10-24)13-5-7-14(8-6-13)19(20,21)22/h2-8,11,15,23-24H,9-10H2,1H3. The highest BCUT2D eigenvalue weighted by Crippen LogP contribution is 2.36. The fraction of sp³-hybridized carbons (Fsp3) is 0.263. The molecule has 5 heteroatoms. The summed E-state index contributed by atoms with van der Waals surface area (Å²) in [6, 6.07) is 11.1. The number of aliphatic hydroxyl groups excluding tert-OH is 1. The second kappa shape index (κ2) is 6.32. The number of benzene rings is 2. The first kappa shape index (κ1) is 16.6. The van der Waals surface area contributed by atoms with Crippen molar-refractivity contribution in [1.29, 1.82) is 0 Å². The minimum absolute atomic E-state index is 0.0375. The molecule has 3 rings (SSSR count). The molecule has 2 aromatic carbocycles. The fourth-order valence-corrected chi connectivity index (χ4v) is 3.15. The van der Waals surface area contributed by atoms with Crippen LogP contribution in [-0.4, -0.2) is 16.7 Å². The van der Waals surface area contributed by atoms with Crippen LogP contribution in [0.15, 0.2) is 48.7 Å². The van der Waals surface area contributed by atoms with Crippen LogP contribution in [0.4, 0.5) is 13.2 Å². The summed E-state index contributed by atoms with van der Waals surface area (Å²) in [6.45, 7) is 1.96. The molecule has 0 aliphatic rings. The van der Waals surface area contributed by atoms with Gasteiger partial charge in [0.1, 0.15) is 0 Å². The molecule has 0 radical (unpaired) electrons. The Balaban J connectivity index is 2.05. The second-order valence-electron chi connectivity index (χ2n) is 5.93. The van der Waals surface area contributed by atoms with Crippen molar-refractivity contribution < 1.29 is 18.3 Å². The van der Waals surface area contributed by atoms with Crippen LogP contribution in [0.3, 0.4) is 0 Å². The Bertz CT molecular complexity index is 834. The monoisotopic (exact) mass is 333 g/mol. The normalized spacial score (nSPS) is 13.4. The smallest absolute Gasteiger partial charge is 0.396 e. The molecule has 0 saturated carbocycles. The van der Waals surface area contributed by atoms with Gasteiger partial charge in [-0.05, 0) is 42.2 Å². The van der Waals surface area contributed by atoms with Gasteiger partial charge in [0.05, 0.1) is 5.56 Å². The van der Waals surface area contributed by atoms with E-state index in [9.17, 15) is 18.3 Å². The molecule has 3 aromatic rings. The van der Waals surface area contributed by atoms with Crippen LogP contribution in [0.5, 0.6) is 0 Å². The number of aromatic nitrogens is 1. The lowest BCUT2D eigenvalue weighted by Crippen LogP contribution is -2.07. The number of halogens is 3. The van der Waals surface area contributed by atoms with Gasteiger partial charge in [-0.15, -0.1) is 0 Å². The van der Waals surface area contributed by atoms with Gasteiger partial charge < -0.3 is 10.1 Å². The summed E-state index contributed by atoms with van der Waals surface area (Å²) >= 11 is 0. The van der Waals surface area contributed by atoms with Crippen LogP contribution in [0.1, 0.15) is 34.6 Å². The zero-order valence-electron chi connectivity index (χ0n) is 13.2. The number of nitrogens with one attached hydrogen (secondary N) is 1. The SMILES string of the molecule is Cc1cccc2c(C(CCO)c3ccc(C(F)(F)F)cc3)c[nH]c12. The van der Waals surface area contributed by atoms with Crippen molar-refractivity contribution >= 4 is 10.9 Å². The van der Waals surface area contributed by atoms with E-state index in [4.69, 9.17) is 0 Å². The molecule has 126 valence electrons. The van der Waals surface area contributed by atoms with E-state index in [1.807, 2.05) is 31.3 Å². The van der Waals surface area contributed by atoms with E-state index >= 15 is 0 Å². The number of hydrogen-bond acceptors (Lipinski definition) is 1. The van der Waals surface area contributed by atoms with E-state index in [0.29, 0.717) is 6.42 Å². The van der Waals surface area contributed by atoms with Gasteiger partial charge in [0, 0.05) is 29.6 Å². The van der Waals surface area contributed by atoms with Crippen LogP contribution in [-0.2, 0) is 6.18 Å². The molecular formula is C19H18F3NO. The van der Waals surface area contributed by atoms with Crippen molar-refractivity contribution in [2.75, 3.05) is 6.61 Å². The van der Waals surface area contributed by atoms with Crippen molar-refractivity contribution in [2.24, 2.45) is 0 Å². The lowest BCUT2D eigenvalue weighted by molar-refractivity contribution is -0.137. The van der Waals surface area contributed by atoms with E-state index in [2.05, 4.69) is 4.98 Å². The zero-order chi connectivity index (χ0) is 17.3. The molecule has 1 aromatic heterocycles. The zero-order valence-corrected chi connectivity index (χ0v) is 13.2. The molecule has 0 fully saturated rings. The predicted molar refractivity (Wildman–Crippen MR) is 88.0 cm³/mol. The summed E-state index contributed by atoms with van der Waals surface area (Å²) in [5.74, 6) is -0.159. The van der Waals surface area contributed by atoms with Gasteiger partial charge in [-0.3, -0.25) is 0 Å². The minimum atomic E-state index is -4.34. The second-order valence-corrected chi connectivity index (χ2v) is 5.93. The Morgan fingerprint density at radius 1 is 1.08 bits per heavy atom. The van der Waals surface area contributed by atoms with Crippen molar-refractivity contribution in [3.8, 4) is 0 Å². The van der Waals surface area contributed by atoms with Crippen molar-refractivity contribution in [2.45, 2.75) is 25.4 Å². The molecule has 0 aliphatic heterocycles. The number of hydrogen-bond donors (Lipinski definition) is 2. The number of aryl methyl sites for hydroxylation is 1. The van der Waals surface area contributed by atoms with Crippen LogP contribution in [0, 0.1) is 6.92 Å². The van der Waals surface area contributed by atoms with Crippen LogP contribution in [0.25, 0.3) is 10.9 Å². The Morgan fingerprint density at radius 2 is 1.79 bits per heavy atom. The molecule has 0 amide bonds. The molecule has 1 heterocycles. The minimum Gasteiger partial charge on any atom is -0.396 e. The van der Waals surface area contributed by atoms with Crippen LogP contribution < -0.4 is 0 Å². The maximum absolute atomic E-state index is 12.7. The highest BCUT2D eigenvalue weighted by molar-refractivity contribution is 5.86. The van der Waals surface area contributed by atoms with Crippen LogP contribution in [0.2, 0.25) is 0 Å². The van der Waals surface area contributed by atoms with E-state index in [-0.39, 0.29) is 12.5 Å². The number of rotatable bonds is 4. The molecule has 1 unspecified atom stereocenters. The lowest BCUT2D eigenvalue weighted by Gasteiger charge is -2.17. The van der Waals surface area contributed by atoms with Crippen LogP contribution >= 0.6 is 0 Å². The number of alkyl halides is 3. The summed E-state index contributed by atoms with van der Waals surface area (Å²) in [4.78, 5) is 3.24. The Labute approximate surface area is 137 Å². The number of fused-ring (bicyclic) bond motifs is 1. The molecule has 24 heavy (non-hydrogen) atoms. The summed E-state index contributed by atoms with van der Waals surface area (Å²) in [5, 5.41) is 10.5. The average Bonchev–Trinajstić information content (AvgIpc) is 2.97. The number of para-hydroxylation sites is 1. The third-order valence-electron chi connectivity index (χ3n) is 4.39. The third kappa shape index (κ3) is 3.04. The van der Waals surface area contributed by atoms with E-state index in [0.717, 1.165) is 39.7 Å². The summed E-state index contributed by atoms with van der Waals surface area (Å²) in [6.07, 6.45) is -2.01. The maximum Gasteiger partial charge on any atom is 0.416 e. The Morgan fingerprint density at radius 3 is 2.42 bits per heavy atom. The highest BCUT2D eigenvalue weighted by Gasteiger charge is 2.30. The first-order valence-electron chi connectivity index (χ1n) is 7.76. The van der Waals surface area contributed by atoms with Gasteiger partial charge in [-0.1, -0.05) is 30.3 Å². The number of aromatic amines is 1. The molecule has 1 atom stereocenters. The molecule has 2 nitrogen and oxygen atoms in total. The Hall–Kier alpha value is -2.27. The molecule has 0 aliphatic carbocycles. The molecular weight excluding hydrogens is 315 g/mol. The average molecular weight is 333 g/mol. The molecule has 0 bridgehead atoms. The van der Waals surface area contributed by atoms with E-state index in [1.54, 1.807) is 0 Å². The summed E-state index contributed by atoms with van der Waals surface area (Å²) < 4.78 is 38.2. The molecule has 0 spiro atoms. The van der Waals surface area contributed by atoms with Crippen molar-refractivity contribution in [3.63, 3.8) is 0 Å². The molecule has 0 saturated heterocycles.